The summed E-state index contributed by atoms with van der Waals surface area (Å²) in [5.74, 6) is 6.64. The van der Waals surface area contributed by atoms with Crippen LogP contribution in [0.3, 0.4) is 0 Å². The van der Waals surface area contributed by atoms with Crippen LogP contribution in [0.2, 0.25) is 19.6 Å². The minimum Gasteiger partial charge on any atom is -0.0894 e. The van der Waals surface area contributed by atoms with Gasteiger partial charge in [-0.3, -0.25) is 0 Å². The molecule has 0 atom stereocenters. The van der Waals surface area contributed by atoms with Crippen molar-refractivity contribution in [3.05, 3.63) is 29.8 Å². The van der Waals surface area contributed by atoms with Crippen LogP contribution in [-0.2, 0) is 6.16 Å². The van der Waals surface area contributed by atoms with Crippen LogP contribution >= 0.6 is 7.92 Å². The van der Waals surface area contributed by atoms with Crippen molar-refractivity contribution in [2.24, 2.45) is 35.5 Å². The van der Waals surface area contributed by atoms with Crippen LogP contribution in [0.5, 0.6) is 0 Å². The van der Waals surface area contributed by atoms with Gasteiger partial charge in [0.15, 0.2) is 0 Å². The van der Waals surface area contributed by atoms with Crippen LogP contribution in [-0.4, -0.2) is 18.4 Å². The fourth-order valence-corrected chi connectivity index (χ4v) is 17.2. The Kier molecular flexibility index (Phi) is 4.76. The molecule has 8 saturated carbocycles. The molecule has 8 aliphatic rings. The Morgan fingerprint density at radius 2 is 0.969 bits per heavy atom. The van der Waals surface area contributed by atoms with E-state index < -0.39 is 8.07 Å². The Hall–Kier alpha value is -0.133. The molecule has 174 valence electrons. The summed E-state index contributed by atoms with van der Waals surface area (Å²) in [4.78, 5) is 0. The average molecular weight is 465 g/mol. The highest BCUT2D eigenvalue weighted by Crippen LogP contribution is 2.79. The topological polar surface area (TPSA) is 0 Å². The predicted molar refractivity (Wildman–Crippen MR) is 142 cm³/mol. The third kappa shape index (κ3) is 3.38. The highest BCUT2D eigenvalue weighted by Gasteiger charge is 2.62. The molecule has 0 saturated heterocycles. The summed E-state index contributed by atoms with van der Waals surface area (Å²) in [6.45, 7) is 7.50. The van der Waals surface area contributed by atoms with Gasteiger partial charge in [0.05, 0.1) is 8.07 Å². The van der Waals surface area contributed by atoms with Crippen molar-refractivity contribution in [2.75, 3.05) is 0 Å². The number of hydrogen-bond acceptors (Lipinski definition) is 0. The lowest BCUT2D eigenvalue weighted by atomic mass is 9.55. The fraction of sp³-hybridized carbons (Fsp3) is 0.800. The molecule has 0 radical (unpaired) electrons. The Balaban J connectivity index is 1.27. The Bertz CT molecular complexity index is 763. The highest BCUT2D eigenvalue weighted by atomic mass is 31.1. The van der Waals surface area contributed by atoms with E-state index in [1.807, 2.05) is 0 Å². The van der Waals surface area contributed by atoms with Gasteiger partial charge in [0.1, 0.15) is 0 Å². The monoisotopic (exact) mass is 464 g/mol. The van der Waals surface area contributed by atoms with Gasteiger partial charge in [-0.1, -0.05) is 57.0 Å². The van der Waals surface area contributed by atoms with Crippen molar-refractivity contribution in [3.8, 4) is 0 Å². The van der Waals surface area contributed by atoms with Crippen molar-refractivity contribution in [3.63, 3.8) is 0 Å². The first-order chi connectivity index (χ1) is 15.3. The first kappa shape index (κ1) is 21.2. The zero-order chi connectivity index (χ0) is 21.7. The average Bonchev–Trinajstić information content (AvgIpc) is 2.69. The van der Waals surface area contributed by atoms with Gasteiger partial charge in [0, 0.05) is 0 Å². The second-order valence-corrected chi connectivity index (χ2v) is 23.0. The van der Waals surface area contributed by atoms with E-state index in [1.54, 1.807) is 87.8 Å². The van der Waals surface area contributed by atoms with E-state index in [4.69, 9.17) is 0 Å². The minimum atomic E-state index is -1.21. The quantitative estimate of drug-likeness (QED) is 0.305. The summed E-state index contributed by atoms with van der Waals surface area (Å²) in [6.07, 6.45) is 20.9. The largest absolute Gasteiger partial charge is 0.0894 e. The zero-order valence-corrected chi connectivity index (χ0v) is 22.8. The van der Waals surface area contributed by atoms with Gasteiger partial charge < -0.3 is 0 Å². The van der Waals surface area contributed by atoms with E-state index in [9.17, 15) is 0 Å². The van der Waals surface area contributed by atoms with Gasteiger partial charge in [-0.15, -0.1) is 0 Å². The molecular formula is C30H45PSi. The summed E-state index contributed by atoms with van der Waals surface area (Å²) in [7, 11) is -1.12. The van der Waals surface area contributed by atoms with E-state index in [-0.39, 0.29) is 7.92 Å². The van der Waals surface area contributed by atoms with Crippen LogP contribution < -0.4 is 5.19 Å². The Morgan fingerprint density at radius 1 is 0.625 bits per heavy atom. The predicted octanol–water partition coefficient (Wildman–Crippen LogP) is 8.15. The maximum Gasteiger partial charge on any atom is 0.0775 e. The van der Waals surface area contributed by atoms with E-state index in [1.165, 1.54) is 6.16 Å². The SMILES string of the molecule is C[Si](C)(C)c1ccc(CP(C23CC4CC(CC(C4)C2)C3)C23CC4CC(CC(C4)C2)C3)cc1. The molecule has 2 heteroatoms. The molecule has 0 unspecified atom stereocenters. The molecule has 8 fully saturated rings. The van der Waals surface area contributed by atoms with Gasteiger partial charge >= 0.3 is 0 Å². The third-order valence-electron chi connectivity index (χ3n) is 11.3. The zero-order valence-electron chi connectivity index (χ0n) is 20.9. The van der Waals surface area contributed by atoms with Crippen LogP contribution in [0.1, 0.15) is 82.6 Å². The maximum absolute atomic E-state index is 2.59. The smallest absolute Gasteiger partial charge is 0.0775 e. The molecule has 1 aromatic carbocycles. The fourth-order valence-electron chi connectivity index (χ4n) is 10.9. The van der Waals surface area contributed by atoms with Crippen LogP contribution in [0.15, 0.2) is 24.3 Å². The number of rotatable bonds is 5. The molecule has 0 spiro atoms. The standard InChI is InChI=1S/C30H45PSi/c1-32(2,3)28-6-4-21(5-7-28)20-31(29-14-22-8-23(15-29)10-24(9-22)16-29)30-17-25-11-26(18-30)13-27(12-25)19-30/h4-7,22-27H,8-20H2,1-3H3. The summed E-state index contributed by atoms with van der Waals surface area (Å²) in [5, 5.41) is 3.19. The van der Waals surface area contributed by atoms with Gasteiger partial charge in [0.25, 0.3) is 0 Å². The van der Waals surface area contributed by atoms with Crippen molar-refractivity contribution < 1.29 is 0 Å². The van der Waals surface area contributed by atoms with Crippen molar-refractivity contribution in [2.45, 2.75) is 113 Å². The lowest BCUT2D eigenvalue weighted by Crippen LogP contribution is -2.56. The van der Waals surface area contributed by atoms with Gasteiger partial charge in [0.2, 0.25) is 0 Å². The number of benzene rings is 1. The lowest BCUT2D eigenvalue weighted by molar-refractivity contribution is 0.0184. The van der Waals surface area contributed by atoms with E-state index in [0.717, 1.165) is 45.8 Å². The molecule has 0 aromatic heterocycles. The van der Waals surface area contributed by atoms with Gasteiger partial charge in [-0.25, -0.2) is 0 Å². The summed E-state index contributed by atoms with van der Waals surface area (Å²) in [5.41, 5.74) is 1.71. The Labute approximate surface area is 199 Å². The molecule has 0 nitrogen and oxygen atoms in total. The summed E-state index contributed by atoms with van der Waals surface area (Å²) < 4.78 is 0. The third-order valence-corrected chi connectivity index (χ3v) is 17.5. The summed E-state index contributed by atoms with van der Waals surface area (Å²) >= 11 is 0. The van der Waals surface area contributed by atoms with Gasteiger partial charge in [-0.2, -0.15) is 0 Å². The van der Waals surface area contributed by atoms with Crippen molar-refractivity contribution >= 4 is 21.2 Å². The molecule has 0 heterocycles. The molecular weight excluding hydrogens is 419 g/mol. The van der Waals surface area contributed by atoms with Crippen LogP contribution in [0.25, 0.3) is 0 Å². The van der Waals surface area contributed by atoms with E-state index >= 15 is 0 Å². The molecule has 8 bridgehead atoms. The Morgan fingerprint density at radius 3 is 1.28 bits per heavy atom. The molecule has 9 rings (SSSR count). The molecule has 0 aliphatic heterocycles. The molecule has 0 N–H and O–H groups in total. The molecule has 1 aromatic rings. The summed E-state index contributed by atoms with van der Waals surface area (Å²) in [6, 6.07) is 10.2. The van der Waals surface area contributed by atoms with Crippen LogP contribution in [0, 0.1) is 35.5 Å². The van der Waals surface area contributed by atoms with Crippen molar-refractivity contribution in [1.29, 1.82) is 0 Å². The number of hydrogen-bond donors (Lipinski definition) is 0. The molecule has 32 heavy (non-hydrogen) atoms. The molecule has 8 aliphatic carbocycles. The lowest BCUT2D eigenvalue weighted by Gasteiger charge is -2.67. The van der Waals surface area contributed by atoms with E-state index in [2.05, 4.69) is 43.9 Å². The maximum atomic E-state index is 2.59. The second-order valence-electron chi connectivity index (χ2n) is 14.8. The van der Waals surface area contributed by atoms with Gasteiger partial charge in [-0.05, 0) is 135 Å². The normalized spacial score (nSPS) is 47.2. The molecule has 0 amide bonds. The minimum absolute atomic E-state index is 0.0885. The van der Waals surface area contributed by atoms with E-state index in [0.29, 0.717) is 0 Å². The van der Waals surface area contributed by atoms with Crippen LogP contribution in [0.4, 0.5) is 0 Å². The highest BCUT2D eigenvalue weighted by molar-refractivity contribution is 7.60. The first-order valence-corrected chi connectivity index (χ1v) is 19.2. The van der Waals surface area contributed by atoms with Crippen molar-refractivity contribution in [1.82, 2.24) is 0 Å². The first-order valence-electron chi connectivity index (χ1n) is 14.2. The second kappa shape index (κ2) is 7.19.